The first-order valence-electron chi connectivity index (χ1n) is 10.9. The second kappa shape index (κ2) is 10.3. The number of aryl methyl sites for hydroxylation is 1. The largest absolute Gasteiger partial charge is 0.496 e. The third kappa shape index (κ3) is 5.23. The third-order valence-corrected chi connectivity index (χ3v) is 7.32. The number of benzene rings is 2. The Balaban J connectivity index is 1.22. The lowest BCUT2D eigenvalue weighted by Crippen LogP contribution is -2.17. The molecule has 1 aliphatic heterocycles. The van der Waals surface area contributed by atoms with Crippen molar-refractivity contribution in [2.45, 2.75) is 11.9 Å². The molecule has 3 heterocycles. The smallest absolute Gasteiger partial charge is 0.234 e. The van der Waals surface area contributed by atoms with E-state index in [0.717, 1.165) is 32.6 Å². The fourth-order valence-corrected chi connectivity index (χ4v) is 5.22. The van der Waals surface area contributed by atoms with E-state index in [9.17, 15) is 4.79 Å². The van der Waals surface area contributed by atoms with E-state index in [4.69, 9.17) is 19.2 Å². The van der Waals surface area contributed by atoms with Crippen molar-refractivity contribution in [3.05, 3.63) is 60.3 Å². The van der Waals surface area contributed by atoms with Gasteiger partial charge >= 0.3 is 0 Å². The first-order valence-corrected chi connectivity index (χ1v) is 12.7. The monoisotopic (exact) mass is 506 g/mol. The summed E-state index contributed by atoms with van der Waals surface area (Å²) in [6.07, 6.45) is 0. The van der Waals surface area contributed by atoms with Gasteiger partial charge < -0.3 is 19.5 Å². The summed E-state index contributed by atoms with van der Waals surface area (Å²) in [4.78, 5) is 18.1. The van der Waals surface area contributed by atoms with E-state index < -0.39 is 0 Å². The summed E-state index contributed by atoms with van der Waals surface area (Å²) in [5, 5.41) is 13.1. The van der Waals surface area contributed by atoms with Gasteiger partial charge in [-0.05, 0) is 43.3 Å². The summed E-state index contributed by atoms with van der Waals surface area (Å²) >= 11 is 2.87. The molecular formula is C25H22N4O4S2. The number of hydrogen-bond acceptors (Lipinski definition) is 9. The van der Waals surface area contributed by atoms with Gasteiger partial charge in [-0.1, -0.05) is 23.9 Å². The summed E-state index contributed by atoms with van der Waals surface area (Å²) in [5.74, 6) is 2.16. The molecule has 0 radical (unpaired) electrons. The van der Waals surface area contributed by atoms with Gasteiger partial charge in [-0.15, -0.1) is 21.5 Å². The summed E-state index contributed by atoms with van der Waals surface area (Å²) < 4.78 is 16.5. The number of amides is 1. The topological polar surface area (TPSA) is 95.5 Å². The third-order valence-electron chi connectivity index (χ3n) is 5.18. The first kappa shape index (κ1) is 23.1. The second-order valence-corrected chi connectivity index (χ2v) is 9.58. The number of rotatable bonds is 7. The molecule has 0 atom stereocenters. The Kier molecular flexibility index (Phi) is 6.82. The number of anilines is 1. The molecule has 0 aliphatic carbocycles. The average molecular weight is 507 g/mol. The van der Waals surface area contributed by atoms with Gasteiger partial charge in [0.05, 0.1) is 29.0 Å². The molecule has 0 saturated carbocycles. The van der Waals surface area contributed by atoms with Gasteiger partial charge in [0, 0.05) is 11.8 Å². The van der Waals surface area contributed by atoms with E-state index in [1.165, 1.54) is 11.8 Å². The van der Waals surface area contributed by atoms with Crippen LogP contribution in [0.2, 0.25) is 0 Å². The van der Waals surface area contributed by atoms with Crippen LogP contribution in [0.25, 0.3) is 21.1 Å². The number of thioether (sulfide) groups is 1. The summed E-state index contributed by atoms with van der Waals surface area (Å²) in [6.45, 7) is 2.98. The number of fused-ring (bicyclic) bond motifs is 1. The molecule has 1 aliphatic rings. The number of thiazole rings is 1. The van der Waals surface area contributed by atoms with Crippen molar-refractivity contribution in [2.24, 2.45) is 0 Å². The zero-order valence-corrected chi connectivity index (χ0v) is 20.7. The number of hydrogen-bond donors (Lipinski definition) is 1. The predicted octanol–water partition coefficient (Wildman–Crippen LogP) is 5.09. The highest BCUT2D eigenvalue weighted by Gasteiger charge is 2.16. The number of methoxy groups -OCH3 is 1. The van der Waals surface area contributed by atoms with Crippen LogP contribution in [-0.4, -0.2) is 47.2 Å². The van der Waals surface area contributed by atoms with Crippen molar-refractivity contribution in [1.29, 1.82) is 0 Å². The van der Waals surface area contributed by atoms with Gasteiger partial charge in [-0.3, -0.25) is 4.79 Å². The average Bonchev–Trinajstić information content (AvgIpc) is 3.29. The molecule has 0 fully saturated rings. The van der Waals surface area contributed by atoms with Crippen molar-refractivity contribution >= 4 is 34.7 Å². The van der Waals surface area contributed by atoms with Crippen molar-refractivity contribution in [3.8, 4) is 38.4 Å². The fourth-order valence-electron chi connectivity index (χ4n) is 3.55. The number of carbonyl (C=O) groups is 1. The zero-order valence-electron chi connectivity index (χ0n) is 19.1. The molecule has 0 bridgehead atoms. The summed E-state index contributed by atoms with van der Waals surface area (Å²) in [5.41, 5.74) is 3.22. The minimum absolute atomic E-state index is 0.141. The van der Waals surface area contributed by atoms with Crippen LogP contribution in [0, 0.1) is 6.92 Å². The molecule has 2 aromatic carbocycles. The van der Waals surface area contributed by atoms with Gasteiger partial charge in [0.2, 0.25) is 5.91 Å². The normalized spacial score (nSPS) is 12.3. The van der Waals surface area contributed by atoms with Crippen molar-refractivity contribution in [2.75, 3.05) is 31.4 Å². The maximum Gasteiger partial charge on any atom is 0.234 e. The van der Waals surface area contributed by atoms with Crippen LogP contribution in [0.4, 0.5) is 5.69 Å². The molecule has 35 heavy (non-hydrogen) atoms. The Bertz CT molecular complexity index is 1360. The van der Waals surface area contributed by atoms with Crippen molar-refractivity contribution in [3.63, 3.8) is 0 Å². The van der Waals surface area contributed by atoms with Gasteiger partial charge in [-0.25, -0.2) is 4.98 Å². The quantitative estimate of drug-likeness (QED) is 0.347. The van der Waals surface area contributed by atoms with E-state index in [1.807, 2.05) is 43.3 Å². The van der Waals surface area contributed by atoms with Gasteiger partial charge in [0.1, 0.15) is 34.7 Å². The van der Waals surface area contributed by atoms with Crippen LogP contribution in [0.3, 0.4) is 0 Å². The van der Waals surface area contributed by atoms with Crippen LogP contribution >= 0.6 is 23.1 Å². The van der Waals surface area contributed by atoms with Crippen LogP contribution in [0.1, 0.15) is 5.69 Å². The first-order chi connectivity index (χ1) is 17.1. The lowest BCUT2D eigenvalue weighted by Gasteiger charge is -2.18. The maximum atomic E-state index is 12.4. The Hall–Kier alpha value is -3.63. The number of para-hydroxylation sites is 1. The molecule has 1 amide bonds. The maximum absolute atomic E-state index is 12.4. The van der Waals surface area contributed by atoms with E-state index in [2.05, 4.69) is 15.5 Å². The molecule has 8 nitrogen and oxygen atoms in total. The number of ether oxygens (including phenoxy) is 3. The summed E-state index contributed by atoms with van der Waals surface area (Å²) in [7, 11) is 1.65. The molecule has 1 N–H and O–H groups in total. The van der Waals surface area contributed by atoms with Crippen LogP contribution in [0.5, 0.6) is 17.2 Å². The Labute approximate surface area is 210 Å². The van der Waals surface area contributed by atoms with E-state index in [0.29, 0.717) is 35.4 Å². The molecule has 2 aromatic heterocycles. The zero-order chi connectivity index (χ0) is 24.2. The standard InChI is InChI=1S/C25H22N4O4S2/c1-15-24(35-25(26-15)17-5-3-4-6-19(17)31-2)18-8-10-23(29-28-18)34-14-22(30)27-16-7-9-20-21(13-16)33-12-11-32-20/h3-10,13H,11-12,14H2,1-2H3,(H,27,30). The molecule has 178 valence electrons. The molecule has 5 rings (SSSR count). The molecule has 0 spiro atoms. The number of nitrogens with zero attached hydrogens (tertiary/aromatic N) is 3. The number of carbonyl (C=O) groups excluding carboxylic acids is 1. The Morgan fingerprint density at radius 3 is 2.71 bits per heavy atom. The lowest BCUT2D eigenvalue weighted by atomic mass is 10.2. The Morgan fingerprint density at radius 2 is 1.91 bits per heavy atom. The van der Waals surface area contributed by atoms with Crippen LogP contribution < -0.4 is 19.5 Å². The molecule has 0 unspecified atom stereocenters. The molecule has 0 saturated heterocycles. The highest BCUT2D eigenvalue weighted by molar-refractivity contribution is 7.99. The predicted molar refractivity (Wildman–Crippen MR) is 137 cm³/mol. The second-order valence-electron chi connectivity index (χ2n) is 7.59. The molecule has 10 heteroatoms. The molecular weight excluding hydrogens is 484 g/mol. The van der Waals surface area contributed by atoms with E-state index in [1.54, 1.807) is 36.6 Å². The minimum Gasteiger partial charge on any atom is -0.496 e. The van der Waals surface area contributed by atoms with Gasteiger partial charge in [0.25, 0.3) is 0 Å². The highest BCUT2D eigenvalue weighted by atomic mass is 32.2. The van der Waals surface area contributed by atoms with Crippen molar-refractivity contribution < 1.29 is 19.0 Å². The lowest BCUT2D eigenvalue weighted by molar-refractivity contribution is -0.113. The minimum atomic E-state index is -0.141. The fraction of sp³-hybridized carbons (Fsp3) is 0.200. The van der Waals surface area contributed by atoms with Crippen molar-refractivity contribution in [1.82, 2.24) is 15.2 Å². The number of aromatic nitrogens is 3. The SMILES string of the molecule is COc1ccccc1-c1nc(C)c(-c2ccc(SCC(=O)Nc3ccc4c(c3)OCCO4)nn2)s1. The van der Waals surface area contributed by atoms with E-state index in [-0.39, 0.29) is 11.7 Å². The van der Waals surface area contributed by atoms with E-state index >= 15 is 0 Å². The number of nitrogens with one attached hydrogen (secondary N) is 1. The van der Waals surface area contributed by atoms with Crippen LogP contribution in [-0.2, 0) is 4.79 Å². The highest BCUT2D eigenvalue weighted by Crippen LogP contribution is 2.38. The van der Waals surface area contributed by atoms with Gasteiger partial charge in [-0.2, -0.15) is 0 Å². The van der Waals surface area contributed by atoms with Crippen LogP contribution in [0.15, 0.2) is 59.6 Å². The molecule has 4 aromatic rings. The van der Waals surface area contributed by atoms with Gasteiger partial charge in [0.15, 0.2) is 11.5 Å². The summed E-state index contributed by atoms with van der Waals surface area (Å²) in [6, 6.07) is 16.9. The Morgan fingerprint density at radius 1 is 1.09 bits per heavy atom.